The summed E-state index contributed by atoms with van der Waals surface area (Å²) in [7, 11) is 0. The van der Waals surface area contributed by atoms with E-state index in [1.165, 1.54) is 30.3 Å². The van der Waals surface area contributed by atoms with Gasteiger partial charge in [0, 0.05) is 10.7 Å². The van der Waals surface area contributed by atoms with Gasteiger partial charge in [0.05, 0.1) is 5.69 Å². The molecule has 176 valence electrons. The average molecular weight is 490 g/mol. The molecule has 35 heavy (non-hydrogen) atoms. The summed E-state index contributed by atoms with van der Waals surface area (Å²) in [5, 5.41) is 5.36. The van der Waals surface area contributed by atoms with E-state index in [9.17, 15) is 19.2 Å². The summed E-state index contributed by atoms with van der Waals surface area (Å²) >= 11 is 5.87. The van der Waals surface area contributed by atoms with E-state index in [0.29, 0.717) is 22.0 Å². The third kappa shape index (κ3) is 5.74. The second kappa shape index (κ2) is 10.2. The zero-order valence-corrected chi connectivity index (χ0v) is 19.3. The number of carbonyl (C=O) groups is 4. The number of hydrogen-bond donors (Lipinski definition) is 2. The van der Waals surface area contributed by atoms with E-state index < -0.39 is 17.8 Å². The van der Waals surface area contributed by atoms with Gasteiger partial charge in [-0.25, -0.2) is 9.69 Å². The molecule has 1 heterocycles. The van der Waals surface area contributed by atoms with Crippen molar-refractivity contribution >= 4 is 52.8 Å². The molecule has 1 aliphatic heterocycles. The van der Waals surface area contributed by atoms with E-state index in [0.717, 1.165) is 10.5 Å². The van der Waals surface area contributed by atoms with Crippen LogP contribution in [0.3, 0.4) is 0 Å². The Morgan fingerprint density at radius 3 is 2.29 bits per heavy atom. The van der Waals surface area contributed by atoms with Gasteiger partial charge in [0.1, 0.15) is 11.3 Å². The van der Waals surface area contributed by atoms with E-state index >= 15 is 0 Å². The molecule has 0 spiro atoms. The number of nitrogens with one attached hydrogen (secondary N) is 2. The van der Waals surface area contributed by atoms with Gasteiger partial charge in [-0.05, 0) is 67.1 Å². The fourth-order valence-electron chi connectivity index (χ4n) is 3.29. The maximum Gasteiger partial charge on any atom is 0.335 e. The van der Waals surface area contributed by atoms with Gasteiger partial charge in [-0.15, -0.1) is 0 Å². The molecule has 4 rings (SSSR count). The molecule has 9 heteroatoms. The first-order chi connectivity index (χ1) is 16.8. The van der Waals surface area contributed by atoms with Crippen LogP contribution < -0.4 is 20.3 Å². The van der Waals surface area contributed by atoms with Crippen LogP contribution in [0.5, 0.6) is 5.75 Å². The van der Waals surface area contributed by atoms with Crippen molar-refractivity contribution in [1.29, 1.82) is 0 Å². The number of imide groups is 2. The standard InChI is InChI=1S/C26H20ClN3O5/c1-16-2-8-19(9-3-16)28-23(31)15-35-21-12-4-17(5-13-21)14-22-24(32)29-26(34)30(25(22)33)20-10-6-18(27)7-11-20/h2-14H,15H2,1H3,(H,28,31)(H,29,32,34)/b22-14+. The largest absolute Gasteiger partial charge is 0.484 e. The van der Waals surface area contributed by atoms with Crippen molar-refractivity contribution in [3.8, 4) is 5.75 Å². The normalized spacial score (nSPS) is 14.6. The molecular weight excluding hydrogens is 470 g/mol. The zero-order chi connectivity index (χ0) is 24.9. The van der Waals surface area contributed by atoms with E-state index in [4.69, 9.17) is 16.3 Å². The second-order valence-electron chi connectivity index (χ2n) is 7.71. The predicted molar refractivity (Wildman–Crippen MR) is 132 cm³/mol. The number of hydrogen-bond acceptors (Lipinski definition) is 5. The Kier molecular flexibility index (Phi) is 6.93. The molecule has 0 aliphatic carbocycles. The first-order valence-corrected chi connectivity index (χ1v) is 10.9. The number of ether oxygens (including phenoxy) is 1. The number of urea groups is 1. The first-order valence-electron chi connectivity index (χ1n) is 10.6. The SMILES string of the molecule is Cc1ccc(NC(=O)COc2ccc(/C=C3\C(=O)NC(=O)N(c4ccc(Cl)cc4)C3=O)cc2)cc1. The Morgan fingerprint density at radius 2 is 1.63 bits per heavy atom. The summed E-state index contributed by atoms with van der Waals surface area (Å²) in [6.07, 6.45) is 1.38. The Labute approximate surface area is 206 Å². The Bertz CT molecular complexity index is 1320. The third-order valence-corrected chi connectivity index (χ3v) is 5.33. The smallest absolute Gasteiger partial charge is 0.335 e. The topological polar surface area (TPSA) is 105 Å². The quantitative estimate of drug-likeness (QED) is 0.396. The lowest BCUT2D eigenvalue weighted by molar-refractivity contribution is -0.122. The summed E-state index contributed by atoms with van der Waals surface area (Å²) in [6, 6.07) is 19.1. The predicted octanol–water partition coefficient (Wildman–Crippen LogP) is 4.33. The number of nitrogens with zero attached hydrogens (tertiary/aromatic N) is 1. The lowest BCUT2D eigenvalue weighted by atomic mass is 10.1. The van der Waals surface area contributed by atoms with Crippen LogP contribution in [0.4, 0.5) is 16.2 Å². The van der Waals surface area contributed by atoms with Gasteiger partial charge >= 0.3 is 6.03 Å². The molecule has 0 radical (unpaired) electrons. The van der Waals surface area contributed by atoms with Crippen molar-refractivity contribution in [3.05, 3.63) is 94.5 Å². The van der Waals surface area contributed by atoms with Crippen molar-refractivity contribution < 1.29 is 23.9 Å². The van der Waals surface area contributed by atoms with Gasteiger partial charge < -0.3 is 10.1 Å². The minimum Gasteiger partial charge on any atom is -0.484 e. The van der Waals surface area contributed by atoms with Crippen LogP contribution in [0.2, 0.25) is 5.02 Å². The third-order valence-electron chi connectivity index (χ3n) is 5.08. The highest BCUT2D eigenvalue weighted by atomic mass is 35.5. The van der Waals surface area contributed by atoms with Crippen molar-refractivity contribution in [2.24, 2.45) is 0 Å². The number of aryl methyl sites for hydroxylation is 1. The fourth-order valence-corrected chi connectivity index (χ4v) is 3.42. The summed E-state index contributed by atoms with van der Waals surface area (Å²) in [6.45, 7) is 1.77. The lowest BCUT2D eigenvalue weighted by Crippen LogP contribution is -2.54. The summed E-state index contributed by atoms with van der Waals surface area (Å²) in [5.41, 5.74) is 2.37. The van der Waals surface area contributed by atoms with Crippen LogP contribution in [0, 0.1) is 6.92 Å². The molecule has 2 N–H and O–H groups in total. The highest BCUT2D eigenvalue weighted by Crippen LogP contribution is 2.24. The van der Waals surface area contributed by atoms with E-state index in [-0.39, 0.29) is 23.8 Å². The highest BCUT2D eigenvalue weighted by Gasteiger charge is 2.36. The number of rotatable bonds is 6. The average Bonchev–Trinajstić information content (AvgIpc) is 2.84. The van der Waals surface area contributed by atoms with Gasteiger partial charge in [0.2, 0.25) is 0 Å². The molecule has 1 fully saturated rings. The first kappa shape index (κ1) is 23.7. The highest BCUT2D eigenvalue weighted by molar-refractivity contribution is 6.39. The number of barbiturate groups is 1. The Morgan fingerprint density at radius 1 is 0.971 bits per heavy atom. The van der Waals surface area contributed by atoms with Gasteiger partial charge in [-0.3, -0.25) is 19.7 Å². The van der Waals surface area contributed by atoms with Crippen molar-refractivity contribution in [1.82, 2.24) is 5.32 Å². The second-order valence-corrected chi connectivity index (χ2v) is 8.14. The van der Waals surface area contributed by atoms with Crippen LogP contribution in [-0.2, 0) is 14.4 Å². The number of amides is 5. The van der Waals surface area contributed by atoms with Gasteiger partial charge in [0.15, 0.2) is 6.61 Å². The Balaban J connectivity index is 1.42. The molecule has 1 aliphatic rings. The van der Waals surface area contributed by atoms with Gasteiger partial charge in [-0.2, -0.15) is 0 Å². The molecule has 8 nitrogen and oxygen atoms in total. The van der Waals surface area contributed by atoms with Crippen LogP contribution in [0.15, 0.2) is 78.4 Å². The van der Waals surface area contributed by atoms with Crippen LogP contribution in [0.25, 0.3) is 6.08 Å². The molecule has 0 saturated carbocycles. The monoisotopic (exact) mass is 489 g/mol. The molecular formula is C26H20ClN3O5. The van der Waals surface area contributed by atoms with Crippen molar-refractivity contribution in [3.63, 3.8) is 0 Å². The van der Waals surface area contributed by atoms with Gasteiger partial charge in [-0.1, -0.05) is 41.4 Å². The van der Waals surface area contributed by atoms with E-state index in [1.807, 2.05) is 19.1 Å². The van der Waals surface area contributed by atoms with Crippen molar-refractivity contribution in [2.75, 3.05) is 16.8 Å². The summed E-state index contributed by atoms with van der Waals surface area (Å²) < 4.78 is 5.51. The number of carbonyl (C=O) groups excluding carboxylic acids is 4. The van der Waals surface area contributed by atoms with Crippen molar-refractivity contribution in [2.45, 2.75) is 6.92 Å². The Hall–Kier alpha value is -4.43. The van der Waals surface area contributed by atoms with Crippen LogP contribution in [-0.4, -0.2) is 30.4 Å². The molecule has 0 bridgehead atoms. The summed E-state index contributed by atoms with van der Waals surface area (Å²) in [5.74, 6) is -1.42. The van der Waals surface area contributed by atoms with Gasteiger partial charge in [0.25, 0.3) is 17.7 Å². The molecule has 0 unspecified atom stereocenters. The maximum atomic E-state index is 12.9. The molecule has 3 aromatic carbocycles. The van der Waals surface area contributed by atoms with Crippen LogP contribution >= 0.6 is 11.6 Å². The lowest BCUT2D eigenvalue weighted by Gasteiger charge is -2.26. The molecule has 3 aromatic rings. The molecule has 0 aromatic heterocycles. The minimum absolute atomic E-state index is 0.187. The summed E-state index contributed by atoms with van der Waals surface area (Å²) in [4.78, 5) is 50.5. The van der Waals surface area contributed by atoms with E-state index in [2.05, 4.69) is 10.6 Å². The fraction of sp³-hybridized carbons (Fsp3) is 0.0769. The number of benzene rings is 3. The molecule has 0 atom stereocenters. The zero-order valence-electron chi connectivity index (χ0n) is 18.6. The van der Waals surface area contributed by atoms with Crippen LogP contribution in [0.1, 0.15) is 11.1 Å². The molecule has 1 saturated heterocycles. The van der Waals surface area contributed by atoms with E-state index in [1.54, 1.807) is 36.4 Å². The molecule has 5 amide bonds. The number of halogens is 1. The minimum atomic E-state index is -0.841. The number of anilines is 2. The maximum absolute atomic E-state index is 12.9.